The number of carbonyl (C=O) groups is 2. The molecule has 0 spiro atoms. The number of amides is 1. The summed E-state index contributed by atoms with van der Waals surface area (Å²) in [6.45, 7) is 5.90. The molecule has 0 bridgehead atoms. The number of unbranched alkanes of at least 4 members (excludes halogenated alkanes) is 5. The molecule has 1 fully saturated rings. The highest BCUT2D eigenvalue weighted by Gasteiger charge is 2.23. The van der Waals surface area contributed by atoms with E-state index in [1.165, 1.54) is 25.7 Å². The lowest BCUT2D eigenvalue weighted by atomic mass is 10.1. The SMILES string of the molecule is CCCCCCCCN(CCOc1ccc(CC(OCC)C(=O)O)cc1)C(=O)OC1CCCC1. The topological polar surface area (TPSA) is 85.3 Å². The van der Waals surface area contributed by atoms with Gasteiger partial charge in [0, 0.05) is 19.6 Å². The summed E-state index contributed by atoms with van der Waals surface area (Å²) in [6, 6.07) is 7.36. The first-order valence-electron chi connectivity index (χ1n) is 13.0. The van der Waals surface area contributed by atoms with E-state index in [-0.39, 0.29) is 12.2 Å². The third-order valence-electron chi connectivity index (χ3n) is 6.23. The van der Waals surface area contributed by atoms with Gasteiger partial charge in [0.2, 0.25) is 0 Å². The van der Waals surface area contributed by atoms with Crippen molar-refractivity contribution in [3.8, 4) is 5.75 Å². The molecule has 0 heterocycles. The molecule has 34 heavy (non-hydrogen) atoms. The predicted octanol–water partition coefficient (Wildman–Crippen LogP) is 5.84. The maximum atomic E-state index is 12.8. The quantitative estimate of drug-likeness (QED) is 0.284. The van der Waals surface area contributed by atoms with E-state index in [1.54, 1.807) is 11.8 Å². The van der Waals surface area contributed by atoms with Crippen molar-refractivity contribution >= 4 is 12.1 Å². The minimum absolute atomic E-state index is 0.0549. The van der Waals surface area contributed by atoms with Crippen LogP contribution in [0.4, 0.5) is 4.79 Å². The van der Waals surface area contributed by atoms with E-state index in [9.17, 15) is 14.7 Å². The van der Waals surface area contributed by atoms with Gasteiger partial charge in [0.25, 0.3) is 0 Å². The molecule has 1 saturated carbocycles. The van der Waals surface area contributed by atoms with Crippen molar-refractivity contribution in [3.05, 3.63) is 29.8 Å². The highest BCUT2D eigenvalue weighted by molar-refractivity contribution is 5.72. The largest absolute Gasteiger partial charge is 0.492 e. The van der Waals surface area contributed by atoms with Crippen LogP contribution in [0.25, 0.3) is 0 Å². The fraction of sp³-hybridized carbons (Fsp3) is 0.704. The molecule has 2 rings (SSSR count). The third kappa shape index (κ3) is 10.8. The van der Waals surface area contributed by atoms with Gasteiger partial charge in [-0.2, -0.15) is 0 Å². The number of nitrogens with zero attached hydrogens (tertiary/aromatic N) is 1. The molecule has 1 aliphatic carbocycles. The van der Waals surface area contributed by atoms with E-state index in [0.717, 1.165) is 44.1 Å². The highest BCUT2D eigenvalue weighted by Crippen LogP contribution is 2.22. The summed E-state index contributed by atoms with van der Waals surface area (Å²) in [7, 11) is 0. The molecule has 1 amide bonds. The number of aliphatic carboxylic acids is 1. The molecule has 0 aliphatic heterocycles. The molecular weight excluding hydrogens is 434 g/mol. The first-order valence-corrected chi connectivity index (χ1v) is 13.0. The Labute approximate surface area is 204 Å². The first kappa shape index (κ1) is 28.0. The van der Waals surface area contributed by atoms with Gasteiger partial charge in [-0.1, -0.05) is 51.2 Å². The molecule has 7 heteroatoms. The molecule has 0 radical (unpaired) electrons. The number of benzene rings is 1. The minimum atomic E-state index is -0.961. The van der Waals surface area contributed by atoms with Gasteiger partial charge in [-0.15, -0.1) is 0 Å². The number of ether oxygens (including phenoxy) is 3. The van der Waals surface area contributed by atoms with Crippen LogP contribution < -0.4 is 4.74 Å². The number of carboxylic acids is 1. The molecule has 1 N–H and O–H groups in total. The van der Waals surface area contributed by atoms with Gasteiger partial charge < -0.3 is 24.2 Å². The van der Waals surface area contributed by atoms with Crippen LogP contribution in [-0.2, 0) is 20.7 Å². The maximum Gasteiger partial charge on any atom is 0.410 e. The van der Waals surface area contributed by atoms with Crippen molar-refractivity contribution in [2.75, 3.05) is 26.3 Å². The van der Waals surface area contributed by atoms with Crippen molar-refractivity contribution in [2.45, 2.75) is 96.7 Å². The summed E-state index contributed by atoms with van der Waals surface area (Å²) in [5.41, 5.74) is 0.873. The summed E-state index contributed by atoms with van der Waals surface area (Å²) in [4.78, 5) is 25.8. The Morgan fingerprint density at radius 1 is 1.00 bits per heavy atom. The van der Waals surface area contributed by atoms with Crippen LogP contribution >= 0.6 is 0 Å². The van der Waals surface area contributed by atoms with Gasteiger partial charge in [0.1, 0.15) is 18.5 Å². The van der Waals surface area contributed by atoms with Crippen LogP contribution in [0, 0.1) is 0 Å². The minimum Gasteiger partial charge on any atom is -0.492 e. The van der Waals surface area contributed by atoms with Crippen LogP contribution in [0.15, 0.2) is 24.3 Å². The molecular formula is C27H43NO6. The van der Waals surface area contributed by atoms with Crippen LogP contribution in [-0.4, -0.2) is 60.6 Å². The van der Waals surface area contributed by atoms with Crippen molar-refractivity contribution in [1.29, 1.82) is 0 Å². The van der Waals surface area contributed by atoms with Crippen LogP contribution in [0.1, 0.15) is 83.6 Å². The molecule has 0 aromatic heterocycles. The number of carbonyl (C=O) groups excluding carboxylic acids is 1. The maximum absolute atomic E-state index is 12.8. The van der Waals surface area contributed by atoms with Crippen molar-refractivity contribution in [2.24, 2.45) is 0 Å². The number of rotatable bonds is 17. The van der Waals surface area contributed by atoms with Gasteiger partial charge in [-0.25, -0.2) is 9.59 Å². The van der Waals surface area contributed by atoms with Gasteiger partial charge in [0.15, 0.2) is 6.10 Å². The van der Waals surface area contributed by atoms with Gasteiger partial charge >= 0.3 is 12.1 Å². The smallest absolute Gasteiger partial charge is 0.410 e. The van der Waals surface area contributed by atoms with Crippen molar-refractivity contribution in [1.82, 2.24) is 4.90 Å². The fourth-order valence-corrected chi connectivity index (χ4v) is 4.23. The molecule has 1 aromatic rings. The van der Waals surface area contributed by atoms with Gasteiger partial charge in [-0.3, -0.25) is 0 Å². The predicted molar refractivity (Wildman–Crippen MR) is 132 cm³/mol. The summed E-state index contributed by atoms with van der Waals surface area (Å²) in [6.07, 6.45) is 10.5. The summed E-state index contributed by atoms with van der Waals surface area (Å²) >= 11 is 0. The normalized spacial score (nSPS) is 14.6. The van der Waals surface area contributed by atoms with E-state index in [2.05, 4.69) is 6.92 Å². The Hall–Kier alpha value is -2.28. The van der Waals surface area contributed by atoms with E-state index in [1.807, 2.05) is 24.3 Å². The van der Waals surface area contributed by atoms with Crippen LogP contribution in [0.5, 0.6) is 5.75 Å². The Balaban J connectivity index is 1.81. The molecule has 1 unspecified atom stereocenters. The van der Waals surface area contributed by atoms with Gasteiger partial charge in [0.05, 0.1) is 6.54 Å². The Bertz CT molecular complexity index is 702. The van der Waals surface area contributed by atoms with Crippen LogP contribution in [0.2, 0.25) is 0 Å². The summed E-state index contributed by atoms with van der Waals surface area (Å²) < 4.78 is 16.9. The average Bonchev–Trinajstić information content (AvgIpc) is 3.33. The monoisotopic (exact) mass is 477 g/mol. The van der Waals surface area contributed by atoms with Gasteiger partial charge in [-0.05, 0) is 56.7 Å². The zero-order chi connectivity index (χ0) is 24.6. The van der Waals surface area contributed by atoms with E-state index in [4.69, 9.17) is 14.2 Å². The standard InChI is InChI=1S/C27H43NO6/c1-3-5-6-7-8-11-18-28(27(31)34-24-12-9-10-13-24)19-20-33-23-16-14-22(15-17-23)21-25(26(29)30)32-4-2/h14-17,24-25H,3-13,18-21H2,1-2H3,(H,29,30). The third-order valence-corrected chi connectivity index (χ3v) is 6.23. The second-order valence-corrected chi connectivity index (χ2v) is 9.02. The lowest BCUT2D eigenvalue weighted by Crippen LogP contribution is -2.37. The summed E-state index contributed by atoms with van der Waals surface area (Å²) in [5, 5.41) is 9.25. The molecule has 0 saturated heterocycles. The molecule has 1 atom stereocenters. The molecule has 1 aromatic carbocycles. The lowest BCUT2D eigenvalue weighted by Gasteiger charge is -2.24. The second-order valence-electron chi connectivity index (χ2n) is 9.02. The van der Waals surface area contributed by atoms with E-state index in [0.29, 0.717) is 38.5 Å². The van der Waals surface area contributed by atoms with Crippen molar-refractivity contribution < 1.29 is 28.9 Å². The first-order chi connectivity index (χ1) is 16.5. The van der Waals surface area contributed by atoms with E-state index < -0.39 is 12.1 Å². The molecule has 1 aliphatic rings. The summed E-state index contributed by atoms with van der Waals surface area (Å²) in [5.74, 6) is -0.271. The Morgan fingerprint density at radius 3 is 2.32 bits per heavy atom. The highest BCUT2D eigenvalue weighted by atomic mass is 16.6. The van der Waals surface area contributed by atoms with Crippen LogP contribution in [0.3, 0.4) is 0 Å². The zero-order valence-electron chi connectivity index (χ0n) is 21.0. The Morgan fingerprint density at radius 2 is 1.68 bits per heavy atom. The number of hydrogen-bond donors (Lipinski definition) is 1. The van der Waals surface area contributed by atoms with E-state index >= 15 is 0 Å². The van der Waals surface area contributed by atoms with Crippen molar-refractivity contribution in [3.63, 3.8) is 0 Å². The number of carboxylic acid groups (broad SMARTS) is 1. The number of hydrogen-bond acceptors (Lipinski definition) is 5. The Kier molecular flexibility index (Phi) is 13.5. The lowest BCUT2D eigenvalue weighted by molar-refractivity contribution is -0.149. The fourth-order valence-electron chi connectivity index (χ4n) is 4.23. The second kappa shape index (κ2) is 16.4. The molecule has 192 valence electrons. The zero-order valence-corrected chi connectivity index (χ0v) is 21.0. The molecule has 7 nitrogen and oxygen atoms in total. The average molecular weight is 478 g/mol.